The molecule has 0 amide bonds. The van der Waals surface area contributed by atoms with Crippen LogP contribution in [0.1, 0.15) is 62.1 Å². The number of aryl methyl sites for hydroxylation is 1. The number of allylic oxidation sites excluding steroid dienone is 4. The Kier molecular flexibility index (Phi) is 11.4. The molecule has 0 atom stereocenters. The van der Waals surface area contributed by atoms with Crippen molar-refractivity contribution in [1.82, 2.24) is 0 Å². The number of carbonyl (C=O) groups is 1. The van der Waals surface area contributed by atoms with Gasteiger partial charge in [0.15, 0.2) is 5.78 Å². The maximum Gasteiger partial charge on any atom is 0.193 e. The van der Waals surface area contributed by atoms with Crippen LogP contribution in [0.2, 0.25) is 0 Å². The van der Waals surface area contributed by atoms with Crippen LogP contribution >= 0.6 is 0 Å². The maximum absolute atomic E-state index is 15.2. The minimum Gasteiger partial charge on any atom is -0.289 e. The van der Waals surface area contributed by atoms with E-state index in [1.165, 1.54) is 39.0 Å². The summed E-state index contributed by atoms with van der Waals surface area (Å²) in [6.45, 7) is 2.12. The van der Waals surface area contributed by atoms with E-state index in [0.29, 0.717) is 11.1 Å². The molecule has 0 aliphatic heterocycles. The first-order chi connectivity index (χ1) is 29.5. The summed E-state index contributed by atoms with van der Waals surface area (Å²) in [6.07, 6.45) is 11.5. The lowest BCUT2D eigenvalue weighted by atomic mass is 9.89. The predicted octanol–water partition coefficient (Wildman–Crippen LogP) is 14.9. The molecule has 60 heavy (non-hydrogen) atoms. The summed E-state index contributed by atoms with van der Waals surface area (Å²) >= 11 is 0. The van der Waals surface area contributed by atoms with Crippen molar-refractivity contribution in [1.29, 1.82) is 0 Å². The van der Waals surface area contributed by atoms with Gasteiger partial charge in [-0.15, -0.1) is 0 Å². The van der Waals surface area contributed by atoms with Gasteiger partial charge in [-0.1, -0.05) is 187 Å². The Labute approximate surface area is 355 Å². The van der Waals surface area contributed by atoms with E-state index >= 15 is 4.79 Å². The molecular weight excluding hydrogens is 725 g/mol. The number of hydrogen-bond donors (Lipinski definition) is 0. The van der Waals surface area contributed by atoms with Gasteiger partial charge in [0, 0.05) is 11.1 Å². The second kappa shape index (κ2) is 17.8. The topological polar surface area (TPSA) is 17.1 Å². The third-order valence-corrected chi connectivity index (χ3v) is 11.6. The van der Waals surface area contributed by atoms with Crippen LogP contribution in [0.15, 0.2) is 218 Å². The van der Waals surface area contributed by atoms with Gasteiger partial charge in [0.05, 0.1) is 0 Å². The summed E-state index contributed by atoms with van der Waals surface area (Å²) in [5.41, 5.74) is 18.8. The van der Waals surface area contributed by atoms with Gasteiger partial charge >= 0.3 is 0 Å². The Morgan fingerprint density at radius 3 is 1.25 bits per heavy atom. The van der Waals surface area contributed by atoms with Gasteiger partial charge in [0.2, 0.25) is 0 Å². The number of benzene rings is 8. The molecule has 1 heteroatoms. The molecule has 1 nitrogen and oxygen atoms in total. The van der Waals surface area contributed by atoms with Crippen LogP contribution < -0.4 is 0 Å². The van der Waals surface area contributed by atoms with Crippen LogP contribution in [-0.2, 0) is 19.3 Å². The Hall–Kier alpha value is -7.09. The first-order valence-corrected chi connectivity index (χ1v) is 21.1. The van der Waals surface area contributed by atoms with E-state index in [4.69, 9.17) is 0 Å². The molecule has 0 aromatic heterocycles. The standard InChI is InChI=1S/C59H48O/c1-42-15-11-25-49(29-42)53-36-54(50-26-12-22-46(33-50)30-43-16-5-2-6-17-43)39-57(38-53)59(60)58-40-55(51-27-13-23-47(34-51)31-44-18-7-3-8-19-44)37-56(41-58)52-28-14-24-48(35-52)32-45-20-9-4-10-21-45/h2-5,7-16,18-29,33-41H,6,17,30-32H2,1H3. The average molecular weight is 773 g/mol. The highest BCUT2D eigenvalue weighted by atomic mass is 16.1. The van der Waals surface area contributed by atoms with Gasteiger partial charge in [-0.25, -0.2) is 0 Å². The SMILES string of the molecule is Cc1cccc(-c2cc(C(=O)c3cc(-c4cccc(Cc5ccccc5)c4)cc(-c4cccc(Cc5ccccc5)c4)c3)cc(-c3cccc(CC4=CC=CCC4)c3)c2)c1. The van der Waals surface area contributed by atoms with Crippen LogP contribution in [0.4, 0.5) is 0 Å². The maximum atomic E-state index is 15.2. The molecule has 0 unspecified atom stereocenters. The molecule has 0 saturated carbocycles. The van der Waals surface area contributed by atoms with Gasteiger partial charge in [-0.2, -0.15) is 0 Å². The molecule has 290 valence electrons. The minimum atomic E-state index is 0.00466. The third-order valence-electron chi connectivity index (χ3n) is 11.6. The molecule has 0 bridgehead atoms. The fourth-order valence-corrected chi connectivity index (χ4v) is 8.48. The monoisotopic (exact) mass is 772 g/mol. The minimum absolute atomic E-state index is 0.00466. The molecule has 0 saturated heterocycles. The van der Waals surface area contributed by atoms with Gasteiger partial charge < -0.3 is 0 Å². The average Bonchev–Trinajstić information content (AvgIpc) is 3.30. The molecule has 8 aromatic carbocycles. The van der Waals surface area contributed by atoms with Gasteiger partial charge in [-0.05, 0) is 148 Å². The van der Waals surface area contributed by atoms with Crippen molar-refractivity contribution in [3.63, 3.8) is 0 Å². The van der Waals surface area contributed by atoms with E-state index in [-0.39, 0.29) is 5.78 Å². The fraction of sp³-hybridized carbons (Fsp3) is 0.102. The van der Waals surface area contributed by atoms with E-state index < -0.39 is 0 Å². The van der Waals surface area contributed by atoms with Crippen LogP contribution in [-0.4, -0.2) is 5.78 Å². The summed E-state index contributed by atoms with van der Waals surface area (Å²) in [4.78, 5) is 15.2. The number of hydrogen-bond acceptors (Lipinski definition) is 1. The summed E-state index contributed by atoms with van der Waals surface area (Å²) in [7, 11) is 0. The zero-order valence-corrected chi connectivity index (χ0v) is 34.2. The number of ketones is 1. The van der Waals surface area contributed by atoms with Crippen LogP contribution in [0.5, 0.6) is 0 Å². The Balaban J connectivity index is 1.15. The fourth-order valence-electron chi connectivity index (χ4n) is 8.48. The largest absolute Gasteiger partial charge is 0.289 e. The molecule has 9 rings (SSSR count). The quantitative estimate of drug-likeness (QED) is 0.113. The number of rotatable bonds is 12. The summed E-state index contributed by atoms with van der Waals surface area (Å²) in [5.74, 6) is 0.00466. The lowest BCUT2D eigenvalue weighted by Gasteiger charge is -2.15. The molecule has 8 aromatic rings. The third kappa shape index (κ3) is 9.28. The highest BCUT2D eigenvalue weighted by Crippen LogP contribution is 2.34. The van der Waals surface area contributed by atoms with E-state index in [0.717, 1.165) is 76.6 Å². The lowest BCUT2D eigenvalue weighted by Crippen LogP contribution is -2.04. The van der Waals surface area contributed by atoms with E-state index in [1.54, 1.807) is 0 Å². The molecule has 0 N–H and O–H groups in total. The zero-order valence-electron chi connectivity index (χ0n) is 34.2. The van der Waals surface area contributed by atoms with Crippen molar-refractivity contribution in [2.24, 2.45) is 0 Å². The molecule has 0 fully saturated rings. The van der Waals surface area contributed by atoms with Crippen LogP contribution in [0.25, 0.3) is 44.5 Å². The molecule has 0 radical (unpaired) electrons. The predicted molar refractivity (Wildman–Crippen MR) is 251 cm³/mol. The normalized spacial score (nSPS) is 12.2. The van der Waals surface area contributed by atoms with E-state index in [9.17, 15) is 0 Å². The molecule has 0 heterocycles. The second-order valence-electron chi connectivity index (χ2n) is 16.2. The lowest BCUT2D eigenvalue weighted by molar-refractivity contribution is 0.103. The summed E-state index contributed by atoms with van der Waals surface area (Å²) < 4.78 is 0. The van der Waals surface area contributed by atoms with Crippen molar-refractivity contribution in [2.45, 2.75) is 39.0 Å². The summed E-state index contributed by atoms with van der Waals surface area (Å²) in [6, 6.07) is 69.0. The number of carbonyl (C=O) groups excluding carboxylic acids is 1. The molecule has 0 spiro atoms. The first kappa shape index (κ1) is 38.4. The van der Waals surface area contributed by atoms with Gasteiger partial charge in [-0.3, -0.25) is 4.79 Å². The van der Waals surface area contributed by atoms with Crippen molar-refractivity contribution in [3.8, 4) is 44.5 Å². The second-order valence-corrected chi connectivity index (χ2v) is 16.2. The smallest absolute Gasteiger partial charge is 0.193 e. The summed E-state index contributed by atoms with van der Waals surface area (Å²) in [5, 5.41) is 0. The van der Waals surface area contributed by atoms with Crippen LogP contribution in [0, 0.1) is 6.92 Å². The zero-order chi connectivity index (χ0) is 40.7. The molecular formula is C59H48O. The van der Waals surface area contributed by atoms with Crippen molar-refractivity contribution in [3.05, 3.63) is 262 Å². The van der Waals surface area contributed by atoms with Crippen LogP contribution in [0.3, 0.4) is 0 Å². The van der Waals surface area contributed by atoms with Crippen molar-refractivity contribution < 1.29 is 4.79 Å². The van der Waals surface area contributed by atoms with Crippen molar-refractivity contribution in [2.75, 3.05) is 0 Å². The first-order valence-electron chi connectivity index (χ1n) is 21.1. The Morgan fingerprint density at radius 1 is 0.400 bits per heavy atom. The molecule has 1 aliphatic carbocycles. The van der Waals surface area contributed by atoms with Crippen molar-refractivity contribution >= 4 is 5.78 Å². The van der Waals surface area contributed by atoms with E-state index in [2.05, 4.69) is 219 Å². The highest BCUT2D eigenvalue weighted by Gasteiger charge is 2.17. The van der Waals surface area contributed by atoms with Gasteiger partial charge in [0.25, 0.3) is 0 Å². The Morgan fingerprint density at radius 2 is 0.817 bits per heavy atom. The van der Waals surface area contributed by atoms with E-state index in [1.807, 2.05) is 0 Å². The highest BCUT2D eigenvalue weighted by molar-refractivity contribution is 6.11. The van der Waals surface area contributed by atoms with Gasteiger partial charge in [0.1, 0.15) is 0 Å². The Bertz CT molecular complexity index is 2750. The molecule has 1 aliphatic rings.